The summed E-state index contributed by atoms with van der Waals surface area (Å²) < 4.78 is 9.83. The zero-order chi connectivity index (χ0) is 21.4. The van der Waals surface area contributed by atoms with Crippen LogP contribution >= 0.6 is 11.8 Å². The van der Waals surface area contributed by atoms with E-state index >= 15 is 0 Å². The van der Waals surface area contributed by atoms with Crippen molar-refractivity contribution in [3.05, 3.63) is 53.5 Å². The second kappa shape index (κ2) is 8.37. The molecule has 5 heterocycles. The Bertz CT molecular complexity index is 1170. The number of nitrogens with zero attached hydrogens (tertiary/aromatic N) is 7. The van der Waals surface area contributed by atoms with Crippen LogP contribution in [0.1, 0.15) is 42.6 Å². The molecule has 0 aromatic carbocycles. The van der Waals surface area contributed by atoms with Crippen LogP contribution < -0.4 is 4.90 Å². The van der Waals surface area contributed by atoms with Gasteiger partial charge in [-0.3, -0.25) is 8.97 Å². The van der Waals surface area contributed by atoms with Gasteiger partial charge in [-0.2, -0.15) is 0 Å². The standard InChI is InChI=1S/C22H27N7OS/c1-15-6-8-27(9-7-15)21-25-26-22(29(21)13-19-5-4-10-30-19)31-14-18-12-28-17(3)11-16(2)23-20(28)24-18/h4-5,10-12,15H,6-9,13-14H2,1-3H3. The molecule has 0 spiro atoms. The fourth-order valence-corrected chi connectivity index (χ4v) is 4.87. The fourth-order valence-electron chi connectivity index (χ4n) is 4.05. The lowest BCUT2D eigenvalue weighted by Gasteiger charge is -2.31. The Morgan fingerprint density at radius 1 is 1.16 bits per heavy atom. The molecule has 0 atom stereocenters. The first-order valence-corrected chi connectivity index (χ1v) is 11.7. The molecule has 0 radical (unpaired) electrons. The highest BCUT2D eigenvalue weighted by molar-refractivity contribution is 7.98. The average Bonchev–Trinajstić information content (AvgIpc) is 3.48. The van der Waals surface area contributed by atoms with Crippen LogP contribution in [0.3, 0.4) is 0 Å². The predicted octanol–water partition coefficient (Wildman–Crippen LogP) is 4.11. The molecule has 1 fully saturated rings. The lowest BCUT2D eigenvalue weighted by atomic mass is 10.00. The third kappa shape index (κ3) is 4.19. The quantitative estimate of drug-likeness (QED) is 0.420. The molecule has 0 amide bonds. The summed E-state index contributed by atoms with van der Waals surface area (Å²) in [4.78, 5) is 11.6. The van der Waals surface area contributed by atoms with E-state index in [1.807, 2.05) is 23.5 Å². The number of furan rings is 1. The maximum absolute atomic E-state index is 5.62. The number of anilines is 1. The van der Waals surface area contributed by atoms with Gasteiger partial charge in [-0.05, 0) is 50.8 Å². The highest BCUT2D eigenvalue weighted by atomic mass is 32.2. The molecule has 8 nitrogen and oxygen atoms in total. The normalized spacial score (nSPS) is 15.3. The zero-order valence-corrected chi connectivity index (χ0v) is 19.0. The third-order valence-electron chi connectivity index (χ3n) is 5.82. The number of aromatic nitrogens is 6. The second-order valence-corrected chi connectivity index (χ2v) is 9.29. The van der Waals surface area contributed by atoms with E-state index in [9.17, 15) is 0 Å². The van der Waals surface area contributed by atoms with Gasteiger partial charge in [-0.25, -0.2) is 9.97 Å². The largest absolute Gasteiger partial charge is 0.467 e. The van der Waals surface area contributed by atoms with Crippen molar-refractivity contribution >= 4 is 23.5 Å². The van der Waals surface area contributed by atoms with E-state index in [1.54, 1.807) is 18.0 Å². The van der Waals surface area contributed by atoms with Crippen molar-refractivity contribution in [2.24, 2.45) is 5.92 Å². The summed E-state index contributed by atoms with van der Waals surface area (Å²) in [6.45, 7) is 9.04. The van der Waals surface area contributed by atoms with Crippen LogP contribution in [0.15, 0.2) is 40.2 Å². The molecule has 0 N–H and O–H groups in total. The first-order valence-electron chi connectivity index (χ1n) is 10.7. The summed E-state index contributed by atoms with van der Waals surface area (Å²) in [7, 11) is 0. The average molecular weight is 438 g/mol. The van der Waals surface area contributed by atoms with Gasteiger partial charge in [-0.1, -0.05) is 18.7 Å². The highest BCUT2D eigenvalue weighted by Crippen LogP contribution is 2.28. The van der Waals surface area contributed by atoms with Gasteiger partial charge in [0.15, 0.2) is 5.16 Å². The molecule has 0 aliphatic carbocycles. The van der Waals surface area contributed by atoms with Gasteiger partial charge in [0.2, 0.25) is 11.7 Å². The molecule has 4 aromatic heterocycles. The van der Waals surface area contributed by atoms with Gasteiger partial charge in [0.1, 0.15) is 5.76 Å². The van der Waals surface area contributed by atoms with Crippen molar-refractivity contribution in [1.82, 2.24) is 29.1 Å². The minimum absolute atomic E-state index is 0.620. The molecule has 1 aliphatic heterocycles. The minimum Gasteiger partial charge on any atom is -0.467 e. The minimum atomic E-state index is 0.620. The number of rotatable bonds is 6. The highest BCUT2D eigenvalue weighted by Gasteiger charge is 2.23. The monoisotopic (exact) mass is 437 g/mol. The summed E-state index contributed by atoms with van der Waals surface area (Å²) in [6.07, 6.45) is 6.14. The van der Waals surface area contributed by atoms with Crippen molar-refractivity contribution in [3.8, 4) is 0 Å². The number of piperidine rings is 1. The topological polar surface area (TPSA) is 77.3 Å². The van der Waals surface area contributed by atoms with Crippen molar-refractivity contribution in [2.45, 2.75) is 51.1 Å². The van der Waals surface area contributed by atoms with Gasteiger partial charge >= 0.3 is 0 Å². The fraction of sp³-hybridized carbons (Fsp3) is 0.455. The Hall–Kier alpha value is -2.81. The summed E-state index contributed by atoms with van der Waals surface area (Å²) in [5.74, 6) is 4.04. The molecule has 1 aliphatic rings. The van der Waals surface area contributed by atoms with E-state index in [2.05, 4.69) is 50.8 Å². The van der Waals surface area contributed by atoms with E-state index in [-0.39, 0.29) is 0 Å². The van der Waals surface area contributed by atoms with Crippen LogP contribution in [0, 0.1) is 19.8 Å². The van der Waals surface area contributed by atoms with Gasteiger partial charge in [-0.15, -0.1) is 10.2 Å². The van der Waals surface area contributed by atoms with Gasteiger partial charge in [0.05, 0.1) is 18.5 Å². The van der Waals surface area contributed by atoms with Crippen LogP contribution in [-0.4, -0.2) is 42.2 Å². The van der Waals surface area contributed by atoms with Crippen molar-refractivity contribution in [1.29, 1.82) is 0 Å². The first kappa shape index (κ1) is 20.1. The molecule has 4 aromatic rings. The van der Waals surface area contributed by atoms with Gasteiger partial charge < -0.3 is 9.32 Å². The van der Waals surface area contributed by atoms with Crippen LogP contribution in [0.5, 0.6) is 0 Å². The molecule has 5 rings (SSSR count). The second-order valence-electron chi connectivity index (χ2n) is 8.35. The van der Waals surface area contributed by atoms with Crippen LogP contribution in [0.4, 0.5) is 5.95 Å². The Morgan fingerprint density at radius 2 is 2.00 bits per heavy atom. The van der Waals surface area contributed by atoms with Gasteiger partial charge in [0.25, 0.3) is 0 Å². The van der Waals surface area contributed by atoms with Crippen molar-refractivity contribution in [2.75, 3.05) is 18.0 Å². The predicted molar refractivity (Wildman–Crippen MR) is 120 cm³/mol. The lowest BCUT2D eigenvalue weighted by molar-refractivity contribution is 0.427. The summed E-state index contributed by atoms with van der Waals surface area (Å²) in [5.41, 5.74) is 3.09. The number of thioether (sulfide) groups is 1. The van der Waals surface area contributed by atoms with Gasteiger partial charge in [0, 0.05) is 36.4 Å². The van der Waals surface area contributed by atoms with E-state index in [1.165, 1.54) is 12.8 Å². The molecular weight excluding hydrogens is 410 g/mol. The third-order valence-corrected chi connectivity index (χ3v) is 6.82. The number of imidazole rings is 1. The molecular formula is C22H27N7OS. The molecule has 0 unspecified atom stereocenters. The van der Waals surface area contributed by atoms with E-state index in [0.717, 1.165) is 58.7 Å². The number of aryl methyl sites for hydroxylation is 2. The summed E-state index contributed by atoms with van der Waals surface area (Å²) in [5, 5.41) is 9.98. The summed E-state index contributed by atoms with van der Waals surface area (Å²) in [6, 6.07) is 5.98. The molecule has 1 saturated heterocycles. The SMILES string of the molecule is Cc1cc(C)n2cc(CSc3nnc(N4CCC(C)CC4)n3Cc3ccco3)nc2n1. The molecule has 31 heavy (non-hydrogen) atoms. The lowest BCUT2D eigenvalue weighted by Crippen LogP contribution is -2.35. The number of fused-ring (bicyclic) bond motifs is 1. The van der Waals surface area contributed by atoms with E-state index in [4.69, 9.17) is 9.40 Å². The Kier molecular flexibility index (Phi) is 5.43. The van der Waals surface area contributed by atoms with Crippen LogP contribution in [0.2, 0.25) is 0 Å². The maximum atomic E-state index is 5.62. The van der Waals surface area contributed by atoms with Crippen LogP contribution in [0.25, 0.3) is 5.78 Å². The Morgan fingerprint density at radius 3 is 2.77 bits per heavy atom. The Balaban J connectivity index is 1.40. The zero-order valence-electron chi connectivity index (χ0n) is 18.2. The van der Waals surface area contributed by atoms with Crippen molar-refractivity contribution in [3.63, 3.8) is 0 Å². The van der Waals surface area contributed by atoms with E-state index < -0.39 is 0 Å². The smallest absolute Gasteiger partial charge is 0.234 e. The maximum Gasteiger partial charge on any atom is 0.234 e. The molecule has 162 valence electrons. The summed E-state index contributed by atoms with van der Waals surface area (Å²) >= 11 is 1.65. The molecule has 0 bridgehead atoms. The first-order chi connectivity index (χ1) is 15.1. The molecule has 0 saturated carbocycles. The Labute approximate surface area is 185 Å². The van der Waals surface area contributed by atoms with Crippen LogP contribution in [-0.2, 0) is 12.3 Å². The number of hydrogen-bond acceptors (Lipinski definition) is 7. The molecule has 9 heteroatoms. The van der Waals surface area contributed by atoms with E-state index in [0.29, 0.717) is 12.3 Å². The number of hydrogen-bond donors (Lipinski definition) is 0. The van der Waals surface area contributed by atoms with Crippen molar-refractivity contribution < 1.29 is 4.42 Å².